The number of benzene rings is 2. The van der Waals surface area contributed by atoms with Crippen molar-refractivity contribution in [2.24, 2.45) is 0 Å². The number of nitrogens with zero attached hydrogens (tertiary/aromatic N) is 2. The molecule has 9 heteroatoms. The summed E-state index contributed by atoms with van der Waals surface area (Å²) in [7, 11) is 3.92. The smallest absolute Gasteiger partial charge is 0.287 e. The van der Waals surface area contributed by atoms with Crippen molar-refractivity contribution in [2.45, 2.75) is 45.1 Å². The van der Waals surface area contributed by atoms with Crippen molar-refractivity contribution in [3.05, 3.63) is 63.9 Å². The Morgan fingerprint density at radius 1 is 1.03 bits per heavy atom. The first-order valence-corrected chi connectivity index (χ1v) is 13.2. The normalized spacial score (nSPS) is 14.0. The van der Waals surface area contributed by atoms with E-state index in [0.717, 1.165) is 50.0 Å². The SMILES string of the molecule is CN(C)CCCNC(=O)C(=O)CCc1ccc(C(=O)Nc2ccc(Cl)c(F)c2)cc1CN1CCCCC1. The van der Waals surface area contributed by atoms with E-state index in [1.54, 1.807) is 12.1 Å². The van der Waals surface area contributed by atoms with Gasteiger partial charge in [0.05, 0.1) is 5.02 Å². The molecule has 2 amide bonds. The van der Waals surface area contributed by atoms with Gasteiger partial charge in [-0.05, 0) is 101 Å². The highest BCUT2D eigenvalue weighted by molar-refractivity contribution is 6.36. The van der Waals surface area contributed by atoms with Gasteiger partial charge in [-0.15, -0.1) is 0 Å². The average molecular weight is 531 g/mol. The van der Waals surface area contributed by atoms with Crippen molar-refractivity contribution >= 4 is 34.9 Å². The van der Waals surface area contributed by atoms with Gasteiger partial charge in [-0.2, -0.15) is 0 Å². The maximum Gasteiger partial charge on any atom is 0.287 e. The molecule has 2 N–H and O–H groups in total. The van der Waals surface area contributed by atoms with Crippen molar-refractivity contribution in [2.75, 3.05) is 45.6 Å². The van der Waals surface area contributed by atoms with Gasteiger partial charge in [0.15, 0.2) is 0 Å². The van der Waals surface area contributed by atoms with Crippen molar-refractivity contribution in [3.63, 3.8) is 0 Å². The van der Waals surface area contributed by atoms with Crippen LogP contribution in [-0.2, 0) is 22.6 Å². The van der Waals surface area contributed by atoms with Crippen LogP contribution in [0, 0.1) is 5.82 Å². The topological polar surface area (TPSA) is 81.8 Å². The molecule has 2 aromatic carbocycles. The summed E-state index contributed by atoms with van der Waals surface area (Å²) in [6.07, 6.45) is 4.76. The molecular formula is C28H36ClFN4O3. The number of carbonyl (C=O) groups excluding carboxylic acids is 3. The minimum atomic E-state index is -0.605. The molecule has 0 aliphatic carbocycles. The van der Waals surface area contributed by atoms with Crippen LogP contribution in [0.2, 0.25) is 5.02 Å². The lowest BCUT2D eigenvalue weighted by Crippen LogP contribution is -2.33. The maximum absolute atomic E-state index is 13.8. The molecule has 0 spiro atoms. The van der Waals surface area contributed by atoms with E-state index in [9.17, 15) is 18.8 Å². The lowest BCUT2D eigenvalue weighted by atomic mass is 9.97. The Bertz CT molecular complexity index is 1100. The number of hydrogen-bond donors (Lipinski definition) is 2. The quantitative estimate of drug-likeness (QED) is 0.316. The molecule has 1 aliphatic rings. The van der Waals surface area contributed by atoms with E-state index in [0.29, 0.717) is 30.8 Å². The molecule has 37 heavy (non-hydrogen) atoms. The number of ketones is 1. The van der Waals surface area contributed by atoms with Gasteiger partial charge in [0.1, 0.15) is 5.82 Å². The molecule has 1 heterocycles. The minimum Gasteiger partial charge on any atom is -0.349 e. The first kappa shape index (κ1) is 28.8. The molecule has 0 bridgehead atoms. The Kier molecular flexibility index (Phi) is 11.0. The van der Waals surface area contributed by atoms with Gasteiger partial charge < -0.3 is 15.5 Å². The van der Waals surface area contributed by atoms with Gasteiger partial charge in [-0.3, -0.25) is 19.3 Å². The van der Waals surface area contributed by atoms with Gasteiger partial charge in [-0.1, -0.05) is 24.1 Å². The van der Waals surface area contributed by atoms with Crippen LogP contribution in [0.3, 0.4) is 0 Å². The lowest BCUT2D eigenvalue weighted by Gasteiger charge is -2.27. The zero-order chi connectivity index (χ0) is 26.8. The highest BCUT2D eigenvalue weighted by atomic mass is 35.5. The third-order valence-electron chi connectivity index (χ3n) is 6.43. The highest BCUT2D eigenvalue weighted by Crippen LogP contribution is 2.22. The lowest BCUT2D eigenvalue weighted by molar-refractivity contribution is -0.137. The molecule has 200 valence electrons. The summed E-state index contributed by atoms with van der Waals surface area (Å²) in [5.74, 6) is -1.96. The van der Waals surface area contributed by atoms with E-state index in [2.05, 4.69) is 15.5 Å². The summed E-state index contributed by atoms with van der Waals surface area (Å²) in [5.41, 5.74) is 2.65. The molecular weight excluding hydrogens is 495 g/mol. The molecule has 2 aromatic rings. The fourth-order valence-corrected chi connectivity index (χ4v) is 4.47. The van der Waals surface area contributed by atoms with E-state index < -0.39 is 17.5 Å². The van der Waals surface area contributed by atoms with Gasteiger partial charge in [0.2, 0.25) is 5.78 Å². The molecule has 1 aliphatic heterocycles. The molecule has 0 radical (unpaired) electrons. The average Bonchev–Trinajstić information content (AvgIpc) is 2.88. The van der Waals surface area contributed by atoms with Gasteiger partial charge in [0, 0.05) is 30.8 Å². The number of nitrogens with one attached hydrogen (secondary N) is 2. The van der Waals surface area contributed by atoms with Crippen molar-refractivity contribution in [3.8, 4) is 0 Å². The van der Waals surface area contributed by atoms with E-state index in [-0.39, 0.29) is 17.4 Å². The summed E-state index contributed by atoms with van der Waals surface area (Å²) in [4.78, 5) is 41.9. The minimum absolute atomic E-state index is 0.0111. The number of halogens is 2. The molecule has 1 saturated heterocycles. The third-order valence-corrected chi connectivity index (χ3v) is 6.74. The summed E-state index contributed by atoms with van der Waals surface area (Å²) in [6, 6.07) is 9.50. The summed E-state index contributed by atoms with van der Waals surface area (Å²) >= 11 is 5.74. The van der Waals surface area contributed by atoms with Crippen LogP contribution in [0.25, 0.3) is 0 Å². The monoisotopic (exact) mass is 530 g/mol. The first-order chi connectivity index (χ1) is 17.7. The number of likely N-dealkylation sites (tertiary alicyclic amines) is 1. The Morgan fingerprint density at radius 3 is 2.49 bits per heavy atom. The molecule has 0 atom stereocenters. The summed E-state index contributed by atoms with van der Waals surface area (Å²) < 4.78 is 13.8. The van der Waals surface area contributed by atoms with E-state index in [1.165, 1.54) is 18.6 Å². The summed E-state index contributed by atoms with van der Waals surface area (Å²) in [6.45, 7) is 3.92. The predicted octanol–water partition coefficient (Wildman–Crippen LogP) is 4.29. The van der Waals surface area contributed by atoms with Gasteiger partial charge in [0.25, 0.3) is 11.8 Å². The first-order valence-electron chi connectivity index (χ1n) is 12.8. The number of hydrogen-bond acceptors (Lipinski definition) is 5. The van der Waals surface area contributed by atoms with Crippen LogP contribution in [-0.4, -0.2) is 67.7 Å². The van der Waals surface area contributed by atoms with Crippen molar-refractivity contribution < 1.29 is 18.8 Å². The molecule has 0 saturated carbocycles. The fraction of sp³-hybridized carbons (Fsp3) is 0.464. The number of Topliss-reactive ketones (excluding diaryl/α,β-unsaturated/α-hetero) is 1. The van der Waals surface area contributed by atoms with Crippen LogP contribution >= 0.6 is 11.6 Å². The standard InChI is InChI=1S/C28H36ClFN4O3/c1-33(2)14-6-13-31-28(37)26(35)12-9-20-7-8-21(17-22(20)19-34-15-4-3-5-16-34)27(36)32-23-10-11-24(29)25(30)18-23/h7-8,10-11,17-18H,3-6,9,12-16,19H2,1-2H3,(H,31,37)(H,32,36). The number of piperidine rings is 1. The Hall–Kier alpha value is -2.81. The van der Waals surface area contributed by atoms with Crippen LogP contribution in [0.15, 0.2) is 36.4 Å². The fourth-order valence-electron chi connectivity index (χ4n) is 4.35. The number of rotatable bonds is 12. The number of amides is 2. The zero-order valence-electron chi connectivity index (χ0n) is 21.6. The second-order valence-corrected chi connectivity index (χ2v) is 10.1. The molecule has 1 fully saturated rings. The second-order valence-electron chi connectivity index (χ2n) is 9.74. The van der Waals surface area contributed by atoms with Crippen LogP contribution in [0.4, 0.5) is 10.1 Å². The van der Waals surface area contributed by atoms with Gasteiger partial charge >= 0.3 is 0 Å². The Morgan fingerprint density at radius 2 is 1.78 bits per heavy atom. The Balaban J connectivity index is 1.68. The number of anilines is 1. The van der Waals surface area contributed by atoms with Crippen LogP contribution in [0.1, 0.15) is 53.6 Å². The molecule has 0 aromatic heterocycles. The van der Waals surface area contributed by atoms with E-state index >= 15 is 0 Å². The summed E-state index contributed by atoms with van der Waals surface area (Å²) in [5, 5.41) is 5.40. The number of carbonyl (C=O) groups is 3. The van der Waals surface area contributed by atoms with Crippen molar-refractivity contribution in [1.82, 2.24) is 15.1 Å². The maximum atomic E-state index is 13.8. The molecule has 7 nitrogen and oxygen atoms in total. The largest absolute Gasteiger partial charge is 0.349 e. The van der Waals surface area contributed by atoms with Crippen LogP contribution < -0.4 is 10.6 Å². The highest BCUT2D eigenvalue weighted by Gasteiger charge is 2.18. The zero-order valence-corrected chi connectivity index (χ0v) is 22.4. The van der Waals surface area contributed by atoms with E-state index in [1.807, 2.05) is 31.1 Å². The van der Waals surface area contributed by atoms with Crippen LogP contribution in [0.5, 0.6) is 0 Å². The molecule has 3 rings (SSSR count). The second kappa shape index (κ2) is 14.2. The van der Waals surface area contributed by atoms with E-state index in [4.69, 9.17) is 11.6 Å². The molecule has 0 unspecified atom stereocenters. The Labute approximate surface area is 223 Å². The third kappa shape index (κ3) is 9.22. The number of aryl methyl sites for hydroxylation is 1. The van der Waals surface area contributed by atoms with Crippen molar-refractivity contribution in [1.29, 1.82) is 0 Å². The van der Waals surface area contributed by atoms with Gasteiger partial charge in [-0.25, -0.2) is 4.39 Å². The predicted molar refractivity (Wildman–Crippen MR) is 144 cm³/mol.